The number of hydrogen-bond donors (Lipinski definition) is 3. The predicted octanol–water partition coefficient (Wildman–Crippen LogP) is 3.89. The second kappa shape index (κ2) is 11.5. The van der Waals surface area contributed by atoms with E-state index >= 15 is 0 Å². The van der Waals surface area contributed by atoms with E-state index in [2.05, 4.69) is 0 Å². The number of allylic oxidation sites excluding steroid dienone is 3. The van der Waals surface area contributed by atoms with Crippen LogP contribution < -0.4 is 4.74 Å². The molecule has 2 heterocycles. The minimum atomic E-state index is -0.774. The Balaban J connectivity index is 1.94. The number of ether oxygens (including phenoxy) is 2. The van der Waals surface area contributed by atoms with Crippen LogP contribution in [0.25, 0.3) is 0 Å². The van der Waals surface area contributed by atoms with E-state index in [1.165, 1.54) is 0 Å². The van der Waals surface area contributed by atoms with Gasteiger partial charge in [0.25, 0.3) is 5.91 Å². The number of fused-ring (bicyclic) bond motifs is 1. The Hall–Kier alpha value is -3.29. The van der Waals surface area contributed by atoms with Crippen molar-refractivity contribution in [2.24, 2.45) is 0 Å². The monoisotopic (exact) mass is 456 g/mol. The number of phenols is 2. The molecule has 1 amide bonds. The number of piperidine rings is 1. The zero-order chi connectivity index (χ0) is 23.8. The molecule has 0 radical (unpaired) electrons. The molecule has 2 aliphatic heterocycles. The van der Waals surface area contributed by atoms with Gasteiger partial charge in [-0.2, -0.15) is 0 Å². The summed E-state index contributed by atoms with van der Waals surface area (Å²) in [6.45, 7) is 2.76. The first kappa shape index (κ1) is 24.4. The van der Waals surface area contributed by atoms with E-state index in [1.54, 1.807) is 17.9 Å². The Morgan fingerprint density at radius 3 is 2.64 bits per heavy atom. The maximum absolute atomic E-state index is 13.0. The molecule has 0 spiro atoms. The number of carbonyl (C=O) groups is 2. The van der Waals surface area contributed by atoms with Gasteiger partial charge in [0.05, 0.1) is 0 Å². The second-order valence-electron chi connectivity index (χ2n) is 8.43. The van der Waals surface area contributed by atoms with Gasteiger partial charge >= 0.3 is 5.97 Å². The number of carbonyl (C=O) groups excluding carboxylic acids is 2. The van der Waals surface area contributed by atoms with E-state index in [0.717, 1.165) is 38.2 Å². The van der Waals surface area contributed by atoms with Crippen LogP contribution in [-0.2, 0) is 16.0 Å². The van der Waals surface area contributed by atoms with Crippen LogP contribution in [0.15, 0.2) is 30.4 Å². The number of nitrogens with zero attached hydrogens (tertiary/aromatic N) is 1. The van der Waals surface area contributed by atoms with E-state index < -0.39 is 23.6 Å². The van der Waals surface area contributed by atoms with Crippen molar-refractivity contribution in [3.63, 3.8) is 0 Å². The standard InChI is InChI=1S/C25H32N2O6/c1-17-10-6-3-2-4-7-11-18(26)14-19-23(25(31)33-17)20(28)15-21(29)24(19)32-16-22(30)27-12-8-5-9-13-27/h3,6-7,11,15,17,26,28-29H,2,4-5,8-10,12-14,16H2,1H3/b6-3+,11-7+,26-18?/t17-/m1/s1. The molecule has 0 bridgehead atoms. The SMILES string of the molecule is C[C@@H]1C/C=C/CC/C=C/C(=N)Cc2c(OCC(=O)N3CCCCC3)c(O)cc(O)c2C(=O)O1. The van der Waals surface area contributed by atoms with E-state index in [9.17, 15) is 19.8 Å². The third-order valence-corrected chi connectivity index (χ3v) is 5.72. The molecule has 178 valence electrons. The van der Waals surface area contributed by atoms with E-state index in [-0.39, 0.29) is 41.5 Å². The van der Waals surface area contributed by atoms with Crippen molar-refractivity contribution in [1.82, 2.24) is 4.90 Å². The number of nitrogens with one attached hydrogen (secondary N) is 1. The zero-order valence-corrected chi connectivity index (χ0v) is 19.0. The van der Waals surface area contributed by atoms with Gasteiger partial charge < -0.3 is 30.0 Å². The fourth-order valence-corrected chi connectivity index (χ4v) is 3.98. The van der Waals surface area contributed by atoms with Gasteiger partial charge in [-0.3, -0.25) is 4.79 Å². The Bertz CT molecular complexity index is 947. The molecule has 2 aliphatic rings. The lowest BCUT2D eigenvalue weighted by atomic mass is 9.98. The highest BCUT2D eigenvalue weighted by Crippen LogP contribution is 2.40. The molecule has 1 saturated heterocycles. The number of cyclic esters (lactones) is 1. The number of hydrogen-bond acceptors (Lipinski definition) is 7. The van der Waals surface area contributed by atoms with Crippen LogP contribution in [0.5, 0.6) is 17.2 Å². The lowest BCUT2D eigenvalue weighted by Gasteiger charge is -2.27. The number of amides is 1. The van der Waals surface area contributed by atoms with Crippen molar-refractivity contribution in [2.45, 2.75) is 58.0 Å². The average Bonchev–Trinajstić information content (AvgIpc) is 2.77. The molecule has 0 unspecified atom stereocenters. The first-order chi connectivity index (χ1) is 15.9. The van der Waals surface area contributed by atoms with Gasteiger partial charge in [0.2, 0.25) is 0 Å². The van der Waals surface area contributed by atoms with E-state index in [1.807, 2.05) is 18.2 Å². The third kappa shape index (κ3) is 6.60. The molecule has 1 aromatic rings. The molecular weight excluding hydrogens is 424 g/mol. The van der Waals surface area contributed by atoms with Crippen LogP contribution >= 0.6 is 0 Å². The van der Waals surface area contributed by atoms with Crippen molar-refractivity contribution < 1.29 is 29.3 Å². The fourth-order valence-electron chi connectivity index (χ4n) is 3.98. The van der Waals surface area contributed by atoms with Crippen molar-refractivity contribution in [1.29, 1.82) is 5.41 Å². The normalized spacial score (nSPS) is 22.0. The van der Waals surface area contributed by atoms with Crippen LogP contribution in [0, 0.1) is 5.41 Å². The summed E-state index contributed by atoms with van der Waals surface area (Å²) in [7, 11) is 0. The molecule has 1 atom stereocenters. The van der Waals surface area contributed by atoms with E-state index in [0.29, 0.717) is 19.5 Å². The van der Waals surface area contributed by atoms with Crippen LogP contribution in [0.4, 0.5) is 0 Å². The molecule has 0 saturated carbocycles. The minimum absolute atomic E-state index is 0.0830. The molecule has 3 rings (SSSR count). The zero-order valence-electron chi connectivity index (χ0n) is 19.0. The molecule has 0 aromatic heterocycles. The maximum atomic E-state index is 13.0. The summed E-state index contributed by atoms with van der Waals surface area (Å²) in [4.78, 5) is 27.3. The van der Waals surface area contributed by atoms with Crippen molar-refractivity contribution in [2.75, 3.05) is 19.7 Å². The van der Waals surface area contributed by atoms with Gasteiger partial charge in [-0.25, -0.2) is 4.79 Å². The smallest absolute Gasteiger partial charge is 0.342 e. The first-order valence-electron chi connectivity index (χ1n) is 11.4. The number of phenolic OH excluding ortho intramolecular Hbond substituents is 2. The predicted molar refractivity (Wildman–Crippen MR) is 124 cm³/mol. The van der Waals surface area contributed by atoms with Gasteiger partial charge in [0.15, 0.2) is 18.1 Å². The molecule has 8 heteroatoms. The summed E-state index contributed by atoms with van der Waals surface area (Å²) in [6.07, 6.45) is 11.9. The Morgan fingerprint density at radius 2 is 1.88 bits per heavy atom. The Labute approximate surface area is 194 Å². The van der Waals surface area contributed by atoms with Crippen molar-refractivity contribution in [3.8, 4) is 17.2 Å². The number of esters is 1. The van der Waals surface area contributed by atoms with Gasteiger partial charge in [-0.15, -0.1) is 0 Å². The maximum Gasteiger partial charge on any atom is 0.342 e. The summed E-state index contributed by atoms with van der Waals surface area (Å²) in [5.74, 6) is -1.95. The summed E-state index contributed by atoms with van der Waals surface area (Å²) in [6, 6.07) is 1.01. The van der Waals surface area contributed by atoms with E-state index in [4.69, 9.17) is 14.9 Å². The quantitative estimate of drug-likeness (QED) is 0.469. The number of rotatable bonds is 3. The molecule has 3 N–H and O–H groups in total. The Morgan fingerprint density at radius 1 is 1.15 bits per heavy atom. The third-order valence-electron chi connectivity index (χ3n) is 5.72. The fraction of sp³-hybridized carbons (Fsp3) is 0.480. The highest BCUT2D eigenvalue weighted by atomic mass is 16.5. The number of aromatic hydroxyl groups is 2. The summed E-state index contributed by atoms with van der Waals surface area (Å²) in [5.41, 5.74) is 0.119. The topological polar surface area (TPSA) is 120 Å². The molecule has 33 heavy (non-hydrogen) atoms. The summed E-state index contributed by atoms with van der Waals surface area (Å²) < 4.78 is 11.2. The van der Waals surface area contributed by atoms with Crippen molar-refractivity contribution in [3.05, 3.63) is 41.5 Å². The molecule has 8 nitrogen and oxygen atoms in total. The second-order valence-corrected chi connectivity index (χ2v) is 8.43. The highest BCUT2D eigenvalue weighted by molar-refractivity contribution is 6.00. The van der Waals surface area contributed by atoms with Crippen LogP contribution in [0.2, 0.25) is 0 Å². The number of likely N-dealkylation sites (tertiary alicyclic amines) is 1. The molecule has 0 aliphatic carbocycles. The van der Waals surface area contributed by atoms with Gasteiger partial charge in [-0.1, -0.05) is 18.2 Å². The Kier molecular flexibility index (Phi) is 8.52. The number of benzene rings is 1. The summed E-state index contributed by atoms with van der Waals surface area (Å²) in [5, 5.41) is 29.3. The molecular formula is C25H32N2O6. The van der Waals surface area contributed by atoms with Gasteiger partial charge in [0.1, 0.15) is 17.4 Å². The van der Waals surface area contributed by atoms with Crippen LogP contribution in [-0.4, -0.2) is 58.5 Å². The molecule has 1 fully saturated rings. The average molecular weight is 457 g/mol. The van der Waals surface area contributed by atoms with Crippen LogP contribution in [0.3, 0.4) is 0 Å². The van der Waals surface area contributed by atoms with Crippen LogP contribution in [0.1, 0.15) is 61.4 Å². The lowest BCUT2D eigenvalue weighted by molar-refractivity contribution is -0.134. The summed E-state index contributed by atoms with van der Waals surface area (Å²) >= 11 is 0. The first-order valence-corrected chi connectivity index (χ1v) is 11.4. The largest absolute Gasteiger partial charge is 0.507 e. The van der Waals surface area contributed by atoms with Gasteiger partial charge in [0, 0.05) is 43.3 Å². The lowest BCUT2D eigenvalue weighted by Crippen LogP contribution is -2.38. The minimum Gasteiger partial charge on any atom is -0.507 e. The molecule has 1 aromatic carbocycles. The highest BCUT2D eigenvalue weighted by Gasteiger charge is 2.28. The van der Waals surface area contributed by atoms with Gasteiger partial charge in [-0.05, 0) is 45.1 Å². The van der Waals surface area contributed by atoms with Crippen molar-refractivity contribution >= 4 is 17.6 Å².